The van der Waals surface area contributed by atoms with E-state index in [1.54, 1.807) is 18.2 Å². The first kappa shape index (κ1) is 19.4. The lowest BCUT2D eigenvalue weighted by Gasteiger charge is -2.15. The number of hydrogen-bond donors (Lipinski definition) is 1. The van der Waals surface area contributed by atoms with Crippen LogP contribution < -0.4 is 14.8 Å². The van der Waals surface area contributed by atoms with Crippen LogP contribution in [0.15, 0.2) is 48.2 Å². The number of amides is 2. The van der Waals surface area contributed by atoms with Gasteiger partial charge in [-0.3, -0.25) is 14.5 Å². The smallest absolute Gasteiger partial charge is 0.278 e. The zero-order valence-corrected chi connectivity index (χ0v) is 15.9. The van der Waals surface area contributed by atoms with Crippen LogP contribution in [0.1, 0.15) is 18.9 Å². The third-order valence-electron chi connectivity index (χ3n) is 4.41. The summed E-state index contributed by atoms with van der Waals surface area (Å²) in [6, 6.07) is 10.6. The van der Waals surface area contributed by atoms with Crippen molar-refractivity contribution in [3.05, 3.63) is 59.5 Å². The monoisotopic (exact) mass is 384 g/mol. The van der Waals surface area contributed by atoms with Crippen molar-refractivity contribution in [1.29, 1.82) is 0 Å². The fourth-order valence-corrected chi connectivity index (χ4v) is 3.05. The highest BCUT2D eigenvalue weighted by Gasteiger charge is 2.39. The molecule has 1 heterocycles. The molecule has 0 bridgehead atoms. The number of ether oxygens (including phenoxy) is 2. The molecule has 0 fully saturated rings. The Morgan fingerprint density at radius 3 is 2.32 bits per heavy atom. The summed E-state index contributed by atoms with van der Waals surface area (Å²) in [5, 5.41) is 3.04. The predicted octanol–water partition coefficient (Wildman–Crippen LogP) is 3.44. The van der Waals surface area contributed by atoms with Crippen molar-refractivity contribution in [2.24, 2.45) is 0 Å². The number of methoxy groups -OCH3 is 2. The van der Waals surface area contributed by atoms with Gasteiger partial charge in [0.1, 0.15) is 23.0 Å². The first-order valence-electron chi connectivity index (χ1n) is 8.85. The SMILES string of the molecule is CCCN1C(=O)C(Nc2cc(OC)ccc2OC)=C(c2ccc(F)cc2)C1=O. The Morgan fingerprint density at radius 2 is 1.71 bits per heavy atom. The molecule has 0 aliphatic carbocycles. The lowest BCUT2D eigenvalue weighted by Crippen LogP contribution is -2.33. The average Bonchev–Trinajstić information content (AvgIpc) is 2.93. The van der Waals surface area contributed by atoms with E-state index in [9.17, 15) is 14.0 Å². The fourth-order valence-electron chi connectivity index (χ4n) is 3.05. The molecule has 0 saturated heterocycles. The Kier molecular flexibility index (Phi) is 5.63. The zero-order valence-electron chi connectivity index (χ0n) is 15.9. The number of halogens is 1. The molecular weight excluding hydrogens is 363 g/mol. The van der Waals surface area contributed by atoms with E-state index < -0.39 is 17.6 Å². The molecule has 28 heavy (non-hydrogen) atoms. The molecule has 3 rings (SSSR count). The van der Waals surface area contributed by atoms with Crippen LogP contribution in [0.3, 0.4) is 0 Å². The maximum absolute atomic E-state index is 13.3. The Bertz CT molecular complexity index is 938. The van der Waals surface area contributed by atoms with Gasteiger partial charge in [0.05, 0.1) is 25.5 Å². The summed E-state index contributed by atoms with van der Waals surface area (Å²) in [6.07, 6.45) is 0.629. The summed E-state index contributed by atoms with van der Waals surface area (Å²) in [7, 11) is 3.04. The Hall–Kier alpha value is -3.35. The van der Waals surface area contributed by atoms with E-state index in [1.165, 1.54) is 43.4 Å². The minimum atomic E-state index is -0.434. The highest BCUT2D eigenvalue weighted by Crippen LogP contribution is 2.35. The van der Waals surface area contributed by atoms with E-state index in [4.69, 9.17) is 9.47 Å². The quantitative estimate of drug-likeness (QED) is 0.741. The first-order valence-corrected chi connectivity index (χ1v) is 8.85. The van der Waals surface area contributed by atoms with Gasteiger partial charge in [0, 0.05) is 12.6 Å². The minimum Gasteiger partial charge on any atom is -0.497 e. The van der Waals surface area contributed by atoms with Crippen LogP contribution in [0, 0.1) is 5.82 Å². The van der Waals surface area contributed by atoms with Crippen molar-refractivity contribution < 1.29 is 23.5 Å². The molecule has 0 radical (unpaired) electrons. The number of imide groups is 1. The van der Waals surface area contributed by atoms with Crippen LogP contribution in [-0.4, -0.2) is 37.5 Å². The van der Waals surface area contributed by atoms with E-state index in [0.717, 1.165) is 0 Å². The van der Waals surface area contributed by atoms with Crippen molar-refractivity contribution in [1.82, 2.24) is 4.90 Å². The zero-order chi connectivity index (χ0) is 20.3. The van der Waals surface area contributed by atoms with Gasteiger partial charge in [-0.2, -0.15) is 0 Å². The fraction of sp³-hybridized carbons (Fsp3) is 0.238. The summed E-state index contributed by atoms with van der Waals surface area (Å²) in [5.41, 5.74) is 1.26. The van der Waals surface area contributed by atoms with E-state index in [0.29, 0.717) is 35.7 Å². The van der Waals surface area contributed by atoms with Crippen LogP contribution in [0.5, 0.6) is 11.5 Å². The Labute approximate surface area is 162 Å². The minimum absolute atomic E-state index is 0.122. The third kappa shape index (κ3) is 3.55. The number of rotatable bonds is 7. The van der Waals surface area contributed by atoms with Crippen molar-refractivity contribution in [2.75, 3.05) is 26.1 Å². The second-order valence-corrected chi connectivity index (χ2v) is 6.21. The lowest BCUT2D eigenvalue weighted by atomic mass is 10.0. The number of carbonyl (C=O) groups excluding carboxylic acids is 2. The third-order valence-corrected chi connectivity index (χ3v) is 4.41. The lowest BCUT2D eigenvalue weighted by molar-refractivity contribution is -0.136. The number of nitrogens with one attached hydrogen (secondary N) is 1. The van der Waals surface area contributed by atoms with Crippen molar-refractivity contribution >= 4 is 23.1 Å². The van der Waals surface area contributed by atoms with Gasteiger partial charge in [0.25, 0.3) is 11.8 Å². The number of carbonyl (C=O) groups is 2. The molecule has 0 unspecified atom stereocenters. The van der Waals surface area contributed by atoms with Crippen LogP contribution in [0.2, 0.25) is 0 Å². The second-order valence-electron chi connectivity index (χ2n) is 6.21. The standard InChI is InChI=1S/C21H21FN2O4/c1-4-11-24-20(25)18(13-5-7-14(22)8-6-13)19(21(24)26)23-16-12-15(27-2)9-10-17(16)28-3/h5-10,12,23H,4,11H2,1-3H3. The predicted molar refractivity (Wildman–Crippen MR) is 103 cm³/mol. The Morgan fingerprint density at radius 1 is 1.00 bits per heavy atom. The van der Waals surface area contributed by atoms with Gasteiger partial charge in [-0.15, -0.1) is 0 Å². The normalized spacial score (nSPS) is 13.9. The van der Waals surface area contributed by atoms with Gasteiger partial charge < -0.3 is 14.8 Å². The van der Waals surface area contributed by atoms with Crippen LogP contribution in [0.4, 0.5) is 10.1 Å². The molecule has 1 aliphatic heterocycles. The molecule has 0 saturated carbocycles. The van der Waals surface area contributed by atoms with Gasteiger partial charge in [0.2, 0.25) is 0 Å². The molecule has 2 amide bonds. The summed E-state index contributed by atoms with van der Waals surface area (Å²) < 4.78 is 23.9. The molecule has 2 aromatic carbocycles. The van der Waals surface area contributed by atoms with Gasteiger partial charge in [-0.05, 0) is 36.2 Å². The van der Waals surface area contributed by atoms with Crippen LogP contribution in [0.25, 0.3) is 5.57 Å². The van der Waals surface area contributed by atoms with E-state index in [1.807, 2.05) is 6.92 Å². The van der Waals surface area contributed by atoms with Crippen molar-refractivity contribution in [3.63, 3.8) is 0 Å². The van der Waals surface area contributed by atoms with Gasteiger partial charge in [-0.25, -0.2) is 4.39 Å². The number of benzene rings is 2. The van der Waals surface area contributed by atoms with E-state index in [-0.39, 0.29) is 11.3 Å². The van der Waals surface area contributed by atoms with Gasteiger partial charge in [0.15, 0.2) is 0 Å². The highest BCUT2D eigenvalue weighted by molar-refractivity contribution is 6.36. The van der Waals surface area contributed by atoms with Gasteiger partial charge >= 0.3 is 0 Å². The summed E-state index contributed by atoms with van der Waals surface area (Å²) >= 11 is 0. The molecule has 6 nitrogen and oxygen atoms in total. The van der Waals surface area contributed by atoms with E-state index in [2.05, 4.69) is 5.32 Å². The number of hydrogen-bond acceptors (Lipinski definition) is 5. The molecular formula is C21H21FN2O4. The molecule has 7 heteroatoms. The molecule has 1 N–H and O–H groups in total. The van der Waals surface area contributed by atoms with Crippen LogP contribution in [-0.2, 0) is 9.59 Å². The molecule has 146 valence electrons. The van der Waals surface area contributed by atoms with Crippen molar-refractivity contribution in [3.8, 4) is 11.5 Å². The maximum atomic E-state index is 13.3. The summed E-state index contributed by atoms with van der Waals surface area (Å²) in [6.45, 7) is 2.18. The summed E-state index contributed by atoms with van der Waals surface area (Å²) in [5.74, 6) is -0.218. The largest absolute Gasteiger partial charge is 0.497 e. The first-order chi connectivity index (χ1) is 13.5. The topological polar surface area (TPSA) is 67.9 Å². The number of anilines is 1. The second kappa shape index (κ2) is 8.12. The molecule has 0 aromatic heterocycles. The number of nitrogens with zero attached hydrogens (tertiary/aromatic N) is 1. The molecule has 0 atom stereocenters. The maximum Gasteiger partial charge on any atom is 0.278 e. The average molecular weight is 384 g/mol. The Balaban J connectivity index is 2.11. The summed E-state index contributed by atoms with van der Waals surface area (Å²) in [4.78, 5) is 27.1. The molecule has 0 spiro atoms. The highest BCUT2D eigenvalue weighted by atomic mass is 19.1. The van der Waals surface area contributed by atoms with Crippen LogP contribution >= 0.6 is 0 Å². The van der Waals surface area contributed by atoms with Crippen molar-refractivity contribution in [2.45, 2.75) is 13.3 Å². The molecule has 1 aliphatic rings. The van der Waals surface area contributed by atoms with E-state index >= 15 is 0 Å². The molecule has 2 aromatic rings. The van der Waals surface area contributed by atoms with Gasteiger partial charge in [-0.1, -0.05) is 19.1 Å².